The third-order valence-electron chi connectivity index (χ3n) is 3.08. The highest BCUT2D eigenvalue weighted by molar-refractivity contribution is 4.88. The molecule has 1 fully saturated rings. The molecule has 2 heteroatoms. The number of halogens is 1. The highest BCUT2D eigenvalue weighted by atomic mass is 19.1. The number of hydrogen-bond donors (Lipinski definition) is 1. The zero-order valence-electron chi connectivity index (χ0n) is 8.15. The summed E-state index contributed by atoms with van der Waals surface area (Å²) < 4.78 is 13.6. The van der Waals surface area contributed by atoms with Crippen LogP contribution in [0.1, 0.15) is 39.5 Å². The van der Waals surface area contributed by atoms with Crippen molar-refractivity contribution in [1.82, 2.24) is 0 Å². The van der Waals surface area contributed by atoms with Crippen molar-refractivity contribution in [3.63, 3.8) is 0 Å². The number of alkyl halides is 1. The molecule has 2 N–H and O–H groups in total. The van der Waals surface area contributed by atoms with Crippen LogP contribution in [0.5, 0.6) is 0 Å². The van der Waals surface area contributed by atoms with E-state index in [2.05, 4.69) is 0 Å². The normalized spacial score (nSPS) is 31.0. The van der Waals surface area contributed by atoms with Crippen LogP contribution in [0.4, 0.5) is 4.39 Å². The van der Waals surface area contributed by atoms with Gasteiger partial charge in [0.15, 0.2) is 0 Å². The van der Waals surface area contributed by atoms with E-state index in [-0.39, 0.29) is 5.92 Å². The van der Waals surface area contributed by atoms with Crippen molar-refractivity contribution in [1.29, 1.82) is 0 Å². The first-order valence-electron chi connectivity index (χ1n) is 4.94. The molecule has 1 aliphatic carbocycles. The van der Waals surface area contributed by atoms with Gasteiger partial charge in [0.25, 0.3) is 0 Å². The van der Waals surface area contributed by atoms with Crippen molar-refractivity contribution < 1.29 is 4.39 Å². The molecule has 0 spiro atoms. The smallest absolute Gasteiger partial charge is 0.108 e. The molecular weight excluding hydrogens is 153 g/mol. The molecule has 0 aromatic heterocycles. The van der Waals surface area contributed by atoms with Gasteiger partial charge in [-0.3, -0.25) is 0 Å². The van der Waals surface area contributed by atoms with Gasteiger partial charge < -0.3 is 5.73 Å². The number of nitrogens with two attached hydrogens (primary N) is 1. The molecule has 0 aromatic rings. The molecule has 0 amide bonds. The molecule has 1 aliphatic rings. The van der Waals surface area contributed by atoms with Gasteiger partial charge in [0.1, 0.15) is 5.67 Å². The standard InChI is InChI=1S/C10H20FN/c1-10(2,11)9-5-3-4-8(9)6-7-12/h8-9H,3-7,12H2,1-2H3. The highest BCUT2D eigenvalue weighted by Crippen LogP contribution is 2.42. The summed E-state index contributed by atoms with van der Waals surface area (Å²) in [6.45, 7) is 4.11. The van der Waals surface area contributed by atoms with E-state index in [9.17, 15) is 4.39 Å². The summed E-state index contributed by atoms with van der Waals surface area (Å²) in [5, 5.41) is 0. The molecule has 1 saturated carbocycles. The summed E-state index contributed by atoms with van der Waals surface area (Å²) in [7, 11) is 0. The summed E-state index contributed by atoms with van der Waals surface area (Å²) in [6, 6.07) is 0. The quantitative estimate of drug-likeness (QED) is 0.697. The predicted molar refractivity (Wildman–Crippen MR) is 49.7 cm³/mol. The van der Waals surface area contributed by atoms with E-state index in [1.165, 1.54) is 12.8 Å². The average molecular weight is 173 g/mol. The van der Waals surface area contributed by atoms with Crippen LogP contribution in [0.25, 0.3) is 0 Å². The van der Waals surface area contributed by atoms with E-state index < -0.39 is 5.67 Å². The number of rotatable bonds is 3. The first kappa shape index (κ1) is 9.97. The van der Waals surface area contributed by atoms with Crippen LogP contribution in [0.3, 0.4) is 0 Å². The van der Waals surface area contributed by atoms with Crippen molar-refractivity contribution in [2.45, 2.75) is 45.2 Å². The first-order valence-corrected chi connectivity index (χ1v) is 4.94. The lowest BCUT2D eigenvalue weighted by atomic mass is 9.82. The maximum Gasteiger partial charge on any atom is 0.108 e. The first-order chi connectivity index (χ1) is 5.55. The molecule has 12 heavy (non-hydrogen) atoms. The van der Waals surface area contributed by atoms with Crippen LogP contribution < -0.4 is 5.73 Å². The summed E-state index contributed by atoms with van der Waals surface area (Å²) in [5.41, 5.74) is 4.49. The van der Waals surface area contributed by atoms with Gasteiger partial charge in [0.05, 0.1) is 0 Å². The topological polar surface area (TPSA) is 26.0 Å². The van der Waals surface area contributed by atoms with Gasteiger partial charge in [-0.2, -0.15) is 0 Å². The third kappa shape index (κ3) is 2.19. The Morgan fingerprint density at radius 1 is 1.42 bits per heavy atom. The Labute approximate surface area is 74.5 Å². The fourth-order valence-electron chi connectivity index (χ4n) is 2.50. The van der Waals surface area contributed by atoms with Crippen molar-refractivity contribution in [3.05, 3.63) is 0 Å². The zero-order valence-corrected chi connectivity index (χ0v) is 8.15. The van der Waals surface area contributed by atoms with E-state index in [4.69, 9.17) is 5.73 Å². The van der Waals surface area contributed by atoms with Gasteiger partial charge in [-0.25, -0.2) is 4.39 Å². The van der Waals surface area contributed by atoms with E-state index >= 15 is 0 Å². The molecule has 1 rings (SSSR count). The highest BCUT2D eigenvalue weighted by Gasteiger charge is 2.38. The second-order valence-corrected chi connectivity index (χ2v) is 4.44. The molecule has 0 aliphatic heterocycles. The predicted octanol–water partition coefficient (Wildman–Crippen LogP) is 2.50. The van der Waals surface area contributed by atoms with Crippen LogP contribution in [-0.4, -0.2) is 12.2 Å². The lowest BCUT2D eigenvalue weighted by Crippen LogP contribution is -2.30. The summed E-state index contributed by atoms with van der Waals surface area (Å²) in [4.78, 5) is 0. The van der Waals surface area contributed by atoms with Gasteiger partial charge in [-0.1, -0.05) is 12.8 Å². The van der Waals surface area contributed by atoms with E-state index in [1.807, 2.05) is 0 Å². The third-order valence-corrected chi connectivity index (χ3v) is 3.08. The fraction of sp³-hybridized carbons (Fsp3) is 1.00. The van der Waals surface area contributed by atoms with Gasteiger partial charge in [-0.15, -0.1) is 0 Å². The van der Waals surface area contributed by atoms with E-state index in [1.54, 1.807) is 13.8 Å². The molecule has 2 atom stereocenters. The average Bonchev–Trinajstić information content (AvgIpc) is 2.34. The molecule has 0 heterocycles. The largest absolute Gasteiger partial charge is 0.330 e. The van der Waals surface area contributed by atoms with Gasteiger partial charge in [-0.05, 0) is 45.1 Å². The lowest BCUT2D eigenvalue weighted by Gasteiger charge is -2.28. The van der Waals surface area contributed by atoms with E-state index in [0.717, 1.165) is 12.8 Å². The van der Waals surface area contributed by atoms with E-state index in [0.29, 0.717) is 12.5 Å². The van der Waals surface area contributed by atoms with Crippen LogP contribution in [-0.2, 0) is 0 Å². The van der Waals surface area contributed by atoms with Crippen molar-refractivity contribution in [3.8, 4) is 0 Å². The molecule has 0 aromatic carbocycles. The Balaban J connectivity index is 2.52. The Morgan fingerprint density at radius 2 is 2.08 bits per heavy atom. The van der Waals surface area contributed by atoms with Crippen LogP contribution >= 0.6 is 0 Å². The minimum absolute atomic E-state index is 0.251. The maximum absolute atomic E-state index is 13.6. The van der Waals surface area contributed by atoms with Crippen LogP contribution in [0.15, 0.2) is 0 Å². The second-order valence-electron chi connectivity index (χ2n) is 4.44. The Bertz CT molecular complexity index is 139. The summed E-state index contributed by atoms with van der Waals surface area (Å²) in [6.07, 6.45) is 4.41. The van der Waals surface area contributed by atoms with Gasteiger partial charge >= 0.3 is 0 Å². The molecule has 72 valence electrons. The van der Waals surface area contributed by atoms with Crippen LogP contribution in [0, 0.1) is 11.8 Å². The van der Waals surface area contributed by atoms with Gasteiger partial charge in [0, 0.05) is 0 Å². The SMILES string of the molecule is CC(C)(F)C1CCCC1CCN. The van der Waals surface area contributed by atoms with Crippen molar-refractivity contribution in [2.24, 2.45) is 17.6 Å². The second kappa shape index (κ2) is 3.73. The minimum atomic E-state index is -1.00. The monoisotopic (exact) mass is 173 g/mol. The van der Waals surface area contributed by atoms with Crippen molar-refractivity contribution >= 4 is 0 Å². The molecule has 0 saturated heterocycles. The van der Waals surface area contributed by atoms with Crippen LogP contribution in [0.2, 0.25) is 0 Å². The summed E-state index contributed by atoms with van der Waals surface area (Å²) in [5.74, 6) is 0.788. The molecule has 0 bridgehead atoms. The van der Waals surface area contributed by atoms with Gasteiger partial charge in [0.2, 0.25) is 0 Å². The Hall–Kier alpha value is -0.110. The number of hydrogen-bond acceptors (Lipinski definition) is 1. The Kier molecular flexibility index (Phi) is 3.10. The minimum Gasteiger partial charge on any atom is -0.330 e. The lowest BCUT2D eigenvalue weighted by molar-refractivity contribution is 0.0930. The maximum atomic E-state index is 13.6. The molecule has 1 nitrogen and oxygen atoms in total. The molecular formula is C10H20FN. The summed E-state index contributed by atoms with van der Waals surface area (Å²) >= 11 is 0. The zero-order chi connectivity index (χ0) is 9.19. The fourth-order valence-corrected chi connectivity index (χ4v) is 2.50. The molecule has 0 radical (unpaired) electrons. The molecule has 2 unspecified atom stereocenters. The van der Waals surface area contributed by atoms with Crippen molar-refractivity contribution in [2.75, 3.05) is 6.54 Å². The Morgan fingerprint density at radius 3 is 2.58 bits per heavy atom.